The molecule has 8 nitrogen and oxygen atoms in total. The number of ether oxygens (including phenoxy) is 1. The van der Waals surface area contributed by atoms with Gasteiger partial charge in [-0.05, 0) is 75.7 Å². The monoisotopic (exact) mass is 653 g/mol. The van der Waals surface area contributed by atoms with E-state index in [1.165, 1.54) is 29.2 Å². The lowest BCUT2D eigenvalue weighted by Gasteiger charge is -2.33. The number of nitrogens with zero attached hydrogens (tertiary/aromatic N) is 2. The Morgan fingerprint density at radius 2 is 1.52 bits per heavy atom. The first-order valence-electron chi connectivity index (χ1n) is 13.4. The molecule has 0 aromatic heterocycles. The van der Waals surface area contributed by atoms with Gasteiger partial charge in [0.2, 0.25) is 11.8 Å². The van der Waals surface area contributed by atoms with Gasteiger partial charge in [-0.2, -0.15) is 0 Å². The van der Waals surface area contributed by atoms with Crippen LogP contribution in [0.1, 0.15) is 39.7 Å². The summed E-state index contributed by atoms with van der Waals surface area (Å²) in [6.07, 6.45) is 0.685. The number of carbonyl (C=O) groups is 2. The fourth-order valence-corrected chi connectivity index (χ4v) is 6.16. The Bertz CT molecular complexity index is 1480. The maximum Gasteiger partial charge on any atom is 0.264 e. The average molecular weight is 655 g/mol. The van der Waals surface area contributed by atoms with Crippen LogP contribution in [-0.2, 0) is 26.2 Å². The maximum absolute atomic E-state index is 14.1. The molecule has 12 heteroatoms. The fourth-order valence-electron chi connectivity index (χ4n) is 4.09. The van der Waals surface area contributed by atoms with Gasteiger partial charge in [0, 0.05) is 33.2 Å². The molecule has 0 aliphatic rings. The van der Waals surface area contributed by atoms with E-state index < -0.39 is 34.4 Å². The van der Waals surface area contributed by atoms with Crippen molar-refractivity contribution < 1.29 is 22.7 Å². The van der Waals surface area contributed by atoms with Crippen LogP contribution < -0.4 is 14.4 Å². The van der Waals surface area contributed by atoms with Crippen molar-refractivity contribution in [1.82, 2.24) is 10.2 Å². The lowest BCUT2D eigenvalue weighted by Crippen LogP contribution is -2.52. The summed E-state index contributed by atoms with van der Waals surface area (Å²) in [4.78, 5) is 28.6. The maximum atomic E-state index is 14.1. The van der Waals surface area contributed by atoms with E-state index in [2.05, 4.69) is 5.32 Å². The van der Waals surface area contributed by atoms with Gasteiger partial charge < -0.3 is 15.0 Å². The average Bonchev–Trinajstić information content (AvgIpc) is 2.96. The number of benzene rings is 3. The lowest BCUT2D eigenvalue weighted by atomic mass is 10.1. The van der Waals surface area contributed by atoms with Gasteiger partial charge in [-0.15, -0.1) is 0 Å². The summed E-state index contributed by atoms with van der Waals surface area (Å²) in [5.74, 6) is -0.780. The van der Waals surface area contributed by atoms with Gasteiger partial charge in [-0.1, -0.05) is 59.9 Å². The van der Waals surface area contributed by atoms with E-state index >= 15 is 0 Å². The second-order valence-electron chi connectivity index (χ2n) is 9.58. The van der Waals surface area contributed by atoms with Gasteiger partial charge >= 0.3 is 0 Å². The Labute approximate surface area is 262 Å². The minimum absolute atomic E-state index is 0.0748. The Kier molecular flexibility index (Phi) is 11.9. The van der Waals surface area contributed by atoms with E-state index in [1.54, 1.807) is 56.3 Å². The molecule has 0 aliphatic carbocycles. The van der Waals surface area contributed by atoms with Crippen molar-refractivity contribution in [2.45, 2.75) is 57.6 Å². The molecule has 0 unspecified atom stereocenters. The van der Waals surface area contributed by atoms with E-state index in [0.29, 0.717) is 27.1 Å². The van der Waals surface area contributed by atoms with Crippen molar-refractivity contribution in [3.05, 3.63) is 87.4 Å². The van der Waals surface area contributed by atoms with Crippen LogP contribution in [0.4, 0.5) is 5.69 Å². The normalized spacial score (nSPS) is 12.7. The zero-order valence-corrected chi connectivity index (χ0v) is 26.9. The van der Waals surface area contributed by atoms with Crippen LogP contribution in [0, 0.1) is 0 Å². The number of carbonyl (C=O) groups excluding carboxylic acids is 2. The molecule has 0 radical (unpaired) electrons. The summed E-state index contributed by atoms with van der Waals surface area (Å²) in [5, 5.41) is 3.86. The minimum atomic E-state index is -4.30. The SMILES string of the molecule is CCOc1ccccc1N(CC(=O)N(Cc1c(Cl)cccc1Cl)[C@H](C)C(=O)N[C@@H](C)CC)S(=O)(=O)c1ccc(Cl)cc1. The molecule has 0 bridgehead atoms. The van der Waals surface area contributed by atoms with E-state index in [0.717, 1.165) is 4.31 Å². The highest BCUT2D eigenvalue weighted by atomic mass is 35.5. The number of hydrogen-bond acceptors (Lipinski definition) is 5. The number of para-hydroxylation sites is 2. The molecular formula is C30H34Cl3N3O5S. The topological polar surface area (TPSA) is 96.0 Å². The molecule has 2 amide bonds. The fraction of sp³-hybridized carbons (Fsp3) is 0.333. The highest BCUT2D eigenvalue weighted by molar-refractivity contribution is 7.92. The predicted molar refractivity (Wildman–Crippen MR) is 168 cm³/mol. The summed E-state index contributed by atoms with van der Waals surface area (Å²) in [5.41, 5.74) is 0.592. The van der Waals surface area contributed by atoms with Gasteiger partial charge in [0.25, 0.3) is 10.0 Å². The summed E-state index contributed by atoms with van der Waals surface area (Å²) in [6.45, 7) is 6.62. The Balaban J connectivity index is 2.12. The largest absolute Gasteiger partial charge is 0.492 e. The molecule has 0 heterocycles. The predicted octanol–water partition coefficient (Wildman–Crippen LogP) is 6.57. The van der Waals surface area contributed by atoms with Gasteiger partial charge in [0.05, 0.1) is 17.2 Å². The Morgan fingerprint density at radius 3 is 2.12 bits per heavy atom. The highest BCUT2D eigenvalue weighted by Crippen LogP contribution is 2.33. The molecule has 3 aromatic carbocycles. The van der Waals surface area contributed by atoms with Crippen LogP contribution in [0.5, 0.6) is 5.75 Å². The first-order chi connectivity index (χ1) is 19.9. The first kappa shape index (κ1) is 33.5. The summed E-state index contributed by atoms with van der Waals surface area (Å²) < 4.78 is 34.8. The smallest absolute Gasteiger partial charge is 0.264 e. The number of nitrogens with one attached hydrogen (secondary N) is 1. The molecule has 0 saturated heterocycles. The van der Waals surface area contributed by atoms with Crippen LogP contribution in [0.25, 0.3) is 0 Å². The third-order valence-electron chi connectivity index (χ3n) is 6.67. The summed E-state index contributed by atoms with van der Waals surface area (Å²) in [7, 11) is -4.30. The zero-order valence-electron chi connectivity index (χ0n) is 23.8. The van der Waals surface area contributed by atoms with Crippen LogP contribution in [0.2, 0.25) is 15.1 Å². The molecule has 0 saturated carbocycles. The lowest BCUT2D eigenvalue weighted by molar-refractivity contribution is -0.139. The highest BCUT2D eigenvalue weighted by Gasteiger charge is 2.34. The summed E-state index contributed by atoms with van der Waals surface area (Å²) >= 11 is 18.9. The quantitative estimate of drug-likeness (QED) is 0.225. The van der Waals surface area contributed by atoms with E-state index in [9.17, 15) is 18.0 Å². The van der Waals surface area contributed by atoms with Crippen molar-refractivity contribution in [2.24, 2.45) is 0 Å². The van der Waals surface area contributed by atoms with Crippen molar-refractivity contribution in [3.8, 4) is 5.75 Å². The third-order valence-corrected chi connectivity index (χ3v) is 9.41. The van der Waals surface area contributed by atoms with Gasteiger partial charge in [-0.25, -0.2) is 8.42 Å². The number of hydrogen-bond donors (Lipinski definition) is 1. The second kappa shape index (κ2) is 15.0. The molecule has 3 aromatic rings. The molecule has 1 N–H and O–H groups in total. The second-order valence-corrected chi connectivity index (χ2v) is 12.7. The van der Waals surface area contributed by atoms with Crippen LogP contribution in [0.3, 0.4) is 0 Å². The molecule has 42 heavy (non-hydrogen) atoms. The molecular weight excluding hydrogens is 621 g/mol. The summed E-state index contributed by atoms with van der Waals surface area (Å²) in [6, 6.07) is 16.0. The van der Waals surface area contributed by atoms with Crippen molar-refractivity contribution in [3.63, 3.8) is 0 Å². The molecule has 0 aliphatic heterocycles. The Hall–Kier alpha value is -2.98. The standard InChI is InChI=1S/C30H34Cl3N3O5S/c1-5-20(3)34-30(38)21(4)35(18-24-25(32)10-9-11-26(24)33)29(37)19-36(27-12-7-8-13-28(27)41-6-2)42(39,40)23-16-14-22(31)15-17-23/h7-17,20-21H,5-6,18-19H2,1-4H3,(H,34,38)/t20-,21+/m0/s1. The van der Waals surface area contributed by atoms with Crippen LogP contribution in [0.15, 0.2) is 71.6 Å². The third kappa shape index (κ3) is 8.10. The van der Waals surface area contributed by atoms with Crippen molar-refractivity contribution in [1.29, 1.82) is 0 Å². The number of rotatable bonds is 13. The Morgan fingerprint density at radius 1 is 0.905 bits per heavy atom. The van der Waals surface area contributed by atoms with Crippen molar-refractivity contribution >= 4 is 62.3 Å². The van der Waals surface area contributed by atoms with E-state index in [-0.39, 0.29) is 35.5 Å². The molecule has 3 rings (SSSR count). The molecule has 226 valence electrons. The first-order valence-corrected chi connectivity index (χ1v) is 16.0. The number of sulfonamides is 1. The van der Waals surface area contributed by atoms with Crippen LogP contribution >= 0.6 is 34.8 Å². The van der Waals surface area contributed by atoms with E-state index in [4.69, 9.17) is 39.5 Å². The number of halogens is 3. The molecule has 0 fully saturated rings. The van der Waals surface area contributed by atoms with Gasteiger partial charge in [-0.3, -0.25) is 13.9 Å². The minimum Gasteiger partial charge on any atom is -0.492 e. The number of amides is 2. The zero-order chi connectivity index (χ0) is 31.0. The molecule has 2 atom stereocenters. The van der Waals surface area contributed by atoms with E-state index in [1.807, 2.05) is 13.8 Å². The van der Waals surface area contributed by atoms with Crippen LogP contribution in [-0.4, -0.2) is 50.4 Å². The molecule has 0 spiro atoms. The number of anilines is 1. The van der Waals surface area contributed by atoms with Gasteiger partial charge in [0.15, 0.2) is 0 Å². The van der Waals surface area contributed by atoms with Gasteiger partial charge in [0.1, 0.15) is 18.3 Å². The van der Waals surface area contributed by atoms with Crippen molar-refractivity contribution in [2.75, 3.05) is 17.5 Å².